The summed E-state index contributed by atoms with van der Waals surface area (Å²) in [6.45, 7) is 0. The largest absolute Gasteiger partial charge is 1.00 e. The number of rotatable bonds is 1. The third-order valence-electron chi connectivity index (χ3n) is 0.945. The molecule has 0 aromatic heterocycles. The monoisotopic (exact) mass is 207 g/mol. The predicted octanol–water partition coefficient (Wildman–Crippen LogP) is -0.839. The molecule has 0 bridgehead atoms. The second-order valence-corrected chi connectivity index (χ2v) is 2.56. The van der Waals surface area contributed by atoms with Gasteiger partial charge in [0.2, 0.25) is 0 Å². The van der Waals surface area contributed by atoms with Crippen molar-refractivity contribution in [1.82, 2.24) is 0 Å². The smallest absolute Gasteiger partial charge is 0.260 e. The van der Waals surface area contributed by atoms with Gasteiger partial charge in [0.15, 0.2) is 5.69 Å². The van der Waals surface area contributed by atoms with Gasteiger partial charge in [0.1, 0.15) is 0 Å². The molecule has 0 radical (unpaired) electrons. The van der Waals surface area contributed by atoms with Crippen LogP contribution in [0.15, 0.2) is 22.7 Å². The van der Waals surface area contributed by atoms with E-state index in [9.17, 15) is 10.1 Å². The third-order valence-corrected chi connectivity index (χ3v) is 1.44. The summed E-state index contributed by atoms with van der Waals surface area (Å²) in [5.41, 5.74) is -0.0191. The third kappa shape index (κ3) is 3.06. The van der Waals surface area contributed by atoms with Crippen LogP contribution in [-0.2, 0) is 0 Å². The van der Waals surface area contributed by atoms with Gasteiger partial charge in [0.25, 0.3) is 0 Å². The fourth-order valence-electron chi connectivity index (χ4n) is 0.532. The normalized spacial score (nSPS) is 8.45. The van der Waals surface area contributed by atoms with E-state index in [-0.39, 0.29) is 24.5 Å². The molecule has 0 aliphatic carbocycles. The molecule has 0 unspecified atom stereocenters. The number of non-ortho nitro benzene ring substituents is 1. The van der Waals surface area contributed by atoms with Crippen molar-refractivity contribution in [2.45, 2.75) is 0 Å². The molecular formula is C6H3BrLiNO2. The van der Waals surface area contributed by atoms with Crippen molar-refractivity contribution in [3.63, 3.8) is 0 Å². The first-order valence-electron chi connectivity index (χ1n) is 2.52. The number of hydrogen-bond donors (Lipinski definition) is 0. The van der Waals surface area contributed by atoms with Gasteiger partial charge in [-0.15, -0.1) is 6.07 Å². The average Bonchev–Trinajstić information content (AvgIpc) is 1.88. The summed E-state index contributed by atoms with van der Waals surface area (Å²) in [5.74, 6) is 0. The van der Waals surface area contributed by atoms with Crippen LogP contribution in [-0.4, -0.2) is 4.92 Å². The van der Waals surface area contributed by atoms with Gasteiger partial charge in [0.05, 0.1) is 0 Å². The molecule has 0 aliphatic heterocycles. The van der Waals surface area contributed by atoms with Crippen molar-refractivity contribution in [1.29, 1.82) is 0 Å². The fourth-order valence-corrected chi connectivity index (χ4v) is 0.881. The first kappa shape index (κ1) is 10.7. The summed E-state index contributed by atoms with van der Waals surface area (Å²) in [5, 5.41) is 10.1. The van der Waals surface area contributed by atoms with Gasteiger partial charge in [-0.05, 0) is 0 Å². The molecule has 52 valence electrons. The van der Waals surface area contributed by atoms with E-state index in [2.05, 4.69) is 22.0 Å². The van der Waals surface area contributed by atoms with E-state index in [0.29, 0.717) is 4.47 Å². The number of hydrogen-bond acceptors (Lipinski definition) is 2. The minimum absolute atomic E-state index is 0. The maximum Gasteiger partial charge on any atom is 1.00 e. The summed E-state index contributed by atoms with van der Waals surface area (Å²) in [4.78, 5) is 9.63. The Morgan fingerprint density at radius 2 is 2.27 bits per heavy atom. The van der Waals surface area contributed by atoms with Gasteiger partial charge in [-0.2, -0.15) is 12.1 Å². The van der Waals surface area contributed by atoms with Gasteiger partial charge in [-0.3, -0.25) is 10.1 Å². The fraction of sp³-hybridized carbons (Fsp3) is 0. The molecular weight excluding hydrogens is 205 g/mol. The predicted molar refractivity (Wildman–Crippen MR) is 39.6 cm³/mol. The van der Waals surface area contributed by atoms with E-state index < -0.39 is 4.92 Å². The van der Waals surface area contributed by atoms with E-state index in [1.54, 1.807) is 6.07 Å². The van der Waals surface area contributed by atoms with Crippen molar-refractivity contribution in [2.75, 3.05) is 0 Å². The number of nitro benzene ring substituents is 1. The summed E-state index contributed by atoms with van der Waals surface area (Å²) >= 11 is 3.11. The van der Waals surface area contributed by atoms with Crippen LogP contribution in [0.1, 0.15) is 0 Å². The number of benzene rings is 1. The van der Waals surface area contributed by atoms with Crippen LogP contribution in [0.25, 0.3) is 0 Å². The Bertz CT molecular complexity index is 267. The molecule has 0 fully saturated rings. The Morgan fingerprint density at radius 3 is 2.64 bits per heavy atom. The molecule has 1 aromatic carbocycles. The molecule has 5 heteroatoms. The number of halogens is 1. The van der Waals surface area contributed by atoms with E-state index >= 15 is 0 Å². The molecule has 0 amide bonds. The zero-order chi connectivity index (χ0) is 7.56. The quantitative estimate of drug-likeness (QED) is 0.261. The molecule has 0 spiro atoms. The Labute approximate surface area is 84.2 Å². The van der Waals surface area contributed by atoms with E-state index in [1.165, 1.54) is 12.1 Å². The van der Waals surface area contributed by atoms with Gasteiger partial charge < -0.3 is 0 Å². The average molecular weight is 208 g/mol. The standard InChI is InChI=1S/C6H3BrNO2.Li/c7-5-2-1-3-6(4-5)8(9)10;/h1-2,4H;/q-1;+1. The zero-order valence-electron chi connectivity index (χ0n) is 5.87. The summed E-state index contributed by atoms with van der Waals surface area (Å²) in [6, 6.07) is 7.07. The summed E-state index contributed by atoms with van der Waals surface area (Å²) in [7, 11) is 0. The molecule has 0 N–H and O–H groups in total. The Hall–Kier alpha value is -0.303. The molecule has 11 heavy (non-hydrogen) atoms. The zero-order valence-corrected chi connectivity index (χ0v) is 7.46. The van der Waals surface area contributed by atoms with Crippen LogP contribution in [0.5, 0.6) is 0 Å². The van der Waals surface area contributed by atoms with Crippen molar-refractivity contribution >= 4 is 21.6 Å². The van der Waals surface area contributed by atoms with Crippen LogP contribution in [0, 0.1) is 16.2 Å². The Balaban J connectivity index is 0.000001000. The maximum atomic E-state index is 10.1. The maximum absolute atomic E-state index is 10.1. The topological polar surface area (TPSA) is 43.1 Å². The SMILES string of the molecule is O=[N+]([O-])c1[c-]ccc(Br)c1.[Li+]. The molecule has 0 heterocycles. The molecule has 1 aromatic rings. The Kier molecular flexibility index (Phi) is 4.42. The first-order valence-corrected chi connectivity index (χ1v) is 3.31. The van der Waals surface area contributed by atoms with E-state index in [0.717, 1.165) is 0 Å². The van der Waals surface area contributed by atoms with Gasteiger partial charge in [-0.1, -0.05) is 26.5 Å². The van der Waals surface area contributed by atoms with Crippen LogP contribution < -0.4 is 18.9 Å². The summed E-state index contributed by atoms with van der Waals surface area (Å²) < 4.78 is 0.693. The van der Waals surface area contributed by atoms with Crippen LogP contribution in [0.2, 0.25) is 0 Å². The van der Waals surface area contributed by atoms with Crippen molar-refractivity contribution in [2.24, 2.45) is 0 Å². The minimum atomic E-state index is -0.481. The van der Waals surface area contributed by atoms with E-state index in [4.69, 9.17) is 0 Å². The Morgan fingerprint density at radius 1 is 1.64 bits per heavy atom. The van der Waals surface area contributed by atoms with Crippen LogP contribution in [0.3, 0.4) is 0 Å². The van der Waals surface area contributed by atoms with Crippen molar-refractivity contribution in [3.05, 3.63) is 38.9 Å². The molecule has 0 atom stereocenters. The van der Waals surface area contributed by atoms with Crippen molar-refractivity contribution < 1.29 is 23.8 Å². The molecule has 0 saturated heterocycles. The van der Waals surface area contributed by atoms with Crippen molar-refractivity contribution in [3.8, 4) is 0 Å². The number of nitrogens with zero attached hydrogens (tertiary/aromatic N) is 1. The molecule has 0 aliphatic rings. The minimum Gasteiger partial charge on any atom is -0.260 e. The second-order valence-electron chi connectivity index (χ2n) is 1.65. The molecule has 3 nitrogen and oxygen atoms in total. The van der Waals surface area contributed by atoms with Gasteiger partial charge in [-0.25, -0.2) is 0 Å². The van der Waals surface area contributed by atoms with Crippen LogP contribution >= 0.6 is 15.9 Å². The van der Waals surface area contributed by atoms with Crippen LogP contribution in [0.4, 0.5) is 5.69 Å². The van der Waals surface area contributed by atoms with E-state index in [1.807, 2.05) is 0 Å². The molecule has 1 rings (SSSR count). The summed E-state index contributed by atoms with van der Waals surface area (Å²) in [6.07, 6.45) is 0. The molecule has 0 saturated carbocycles. The number of nitro groups is 1. The second kappa shape index (κ2) is 4.55. The van der Waals surface area contributed by atoms with Gasteiger partial charge >= 0.3 is 18.9 Å². The first-order chi connectivity index (χ1) is 4.70. The van der Waals surface area contributed by atoms with Gasteiger partial charge in [0, 0.05) is 4.92 Å².